The van der Waals surface area contributed by atoms with Crippen LogP contribution in [-0.4, -0.2) is 34.7 Å². The van der Waals surface area contributed by atoms with E-state index in [9.17, 15) is 8.42 Å². The summed E-state index contributed by atoms with van der Waals surface area (Å²) < 4.78 is 32.8. The Morgan fingerprint density at radius 3 is 2.50 bits per heavy atom. The number of nitrogens with one attached hydrogen (secondary N) is 1. The zero-order valence-electron chi connectivity index (χ0n) is 13.3. The van der Waals surface area contributed by atoms with Crippen LogP contribution in [0.15, 0.2) is 53.4 Å². The molecule has 1 heterocycles. The van der Waals surface area contributed by atoms with Gasteiger partial charge in [-0.2, -0.15) is 0 Å². The highest BCUT2D eigenvalue weighted by molar-refractivity contribution is 7.92. The fourth-order valence-electron chi connectivity index (χ4n) is 2.77. The molecular formula is C17H19ClN2O3S. The third kappa shape index (κ3) is 3.66. The van der Waals surface area contributed by atoms with E-state index in [1.807, 2.05) is 12.1 Å². The number of rotatable bonds is 5. The molecule has 0 bridgehead atoms. The van der Waals surface area contributed by atoms with E-state index in [1.54, 1.807) is 37.4 Å². The van der Waals surface area contributed by atoms with Crippen LogP contribution in [-0.2, 0) is 14.8 Å². The number of hydrogen-bond donors (Lipinski definition) is 1. The first-order valence-electron chi connectivity index (χ1n) is 7.65. The molecule has 1 fully saturated rings. The molecule has 1 saturated heterocycles. The van der Waals surface area contributed by atoms with Gasteiger partial charge in [0.25, 0.3) is 10.0 Å². The minimum Gasteiger partial charge on any atom is -0.380 e. The zero-order valence-corrected chi connectivity index (χ0v) is 14.8. The summed E-state index contributed by atoms with van der Waals surface area (Å²) >= 11 is 5.98. The van der Waals surface area contributed by atoms with Gasteiger partial charge in [0.05, 0.1) is 11.1 Å². The number of ether oxygens (including phenoxy) is 1. The molecule has 0 radical (unpaired) electrons. The summed E-state index contributed by atoms with van der Waals surface area (Å²) in [5.74, 6) is 0. The number of benzene rings is 2. The van der Waals surface area contributed by atoms with E-state index in [2.05, 4.69) is 9.62 Å². The van der Waals surface area contributed by atoms with Crippen LogP contribution in [0.25, 0.3) is 0 Å². The van der Waals surface area contributed by atoms with E-state index < -0.39 is 10.0 Å². The predicted molar refractivity (Wildman–Crippen MR) is 96.3 cm³/mol. The third-order valence-electron chi connectivity index (χ3n) is 4.09. The van der Waals surface area contributed by atoms with Gasteiger partial charge in [-0.05, 0) is 42.8 Å². The molecule has 24 heavy (non-hydrogen) atoms. The van der Waals surface area contributed by atoms with Gasteiger partial charge in [-0.15, -0.1) is 0 Å². The normalized spacial score (nSPS) is 17.9. The summed E-state index contributed by atoms with van der Waals surface area (Å²) in [5.41, 5.74) is 1.55. The summed E-state index contributed by atoms with van der Waals surface area (Å²) in [5, 5.41) is 0.198. The number of methoxy groups -OCH3 is 1. The first-order valence-corrected chi connectivity index (χ1v) is 9.51. The van der Waals surface area contributed by atoms with Gasteiger partial charge in [-0.25, -0.2) is 8.42 Å². The highest BCUT2D eigenvalue weighted by Gasteiger charge is 2.22. The largest absolute Gasteiger partial charge is 0.380 e. The van der Waals surface area contributed by atoms with Gasteiger partial charge >= 0.3 is 0 Å². The van der Waals surface area contributed by atoms with Gasteiger partial charge in [0.1, 0.15) is 4.90 Å². The first kappa shape index (κ1) is 17.1. The van der Waals surface area contributed by atoms with Crippen LogP contribution in [0.4, 0.5) is 11.4 Å². The van der Waals surface area contributed by atoms with Crippen molar-refractivity contribution in [1.82, 2.24) is 0 Å². The molecule has 1 aliphatic rings. The molecule has 1 N–H and O–H groups in total. The van der Waals surface area contributed by atoms with Crippen molar-refractivity contribution in [3.8, 4) is 0 Å². The second-order valence-electron chi connectivity index (χ2n) is 5.68. The molecule has 3 rings (SSSR count). The maximum Gasteiger partial charge on any atom is 0.263 e. The lowest BCUT2D eigenvalue weighted by atomic mass is 10.2. The molecule has 1 aliphatic heterocycles. The molecule has 2 aromatic rings. The number of anilines is 2. The molecule has 2 aromatic carbocycles. The minimum atomic E-state index is -3.70. The van der Waals surface area contributed by atoms with E-state index in [0.717, 1.165) is 25.2 Å². The molecule has 0 aliphatic carbocycles. The quantitative estimate of drug-likeness (QED) is 0.881. The first-order chi connectivity index (χ1) is 11.5. The van der Waals surface area contributed by atoms with Crippen LogP contribution in [0.2, 0.25) is 5.02 Å². The Balaban J connectivity index is 1.74. The van der Waals surface area contributed by atoms with Gasteiger partial charge in [0.15, 0.2) is 0 Å². The molecule has 7 heteroatoms. The van der Waals surface area contributed by atoms with Gasteiger partial charge in [-0.3, -0.25) is 4.72 Å². The van der Waals surface area contributed by atoms with Crippen molar-refractivity contribution in [3.05, 3.63) is 53.6 Å². The molecule has 1 atom stereocenters. The van der Waals surface area contributed by atoms with E-state index >= 15 is 0 Å². The predicted octanol–water partition coefficient (Wildman–Crippen LogP) is 3.37. The number of sulfonamides is 1. The van der Waals surface area contributed by atoms with Crippen LogP contribution in [0.5, 0.6) is 0 Å². The van der Waals surface area contributed by atoms with Gasteiger partial charge < -0.3 is 9.64 Å². The van der Waals surface area contributed by atoms with Crippen molar-refractivity contribution in [2.24, 2.45) is 0 Å². The Kier molecular flexibility index (Phi) is 4.99. The minimum absolute atomic E-state index is 0.0678. The number of hydrogen-bond acceptors (Lipinski definition) is 4. The fraction of sp³-hybridized carbons (Fsp3) is 0.294. The molecule has 0 saturated carbocycles. The fourth-order valence-corrected chi connectivity index (χ4v) is 4.35. The average molecular weight is 367 g/mol. The Morgan fingerprint density at radius 1 is 1.17 bits per heavy atom. The Morgan fingerprint density at radius 2 is 1.88 bits per heavy atom. The second kappa shape index (κ2) is 7.01. The van der Waals surface area contributed by atoms with Gasteiger partial charge in [0, 0.05) is 31.6 Å². The highest BCUT2D eigenvalue weighted by atomic mass is 35.5. The molecular weight excluding hydrogens is 348 g/mol. The number of nitrogens with zero attached hydrogens (tertiary/aromatic N) is 1. The Hall–Kier alpha value is -1.76. The SMILES string of the molecule is COC1CCN(c2ccc(NS(=O)(=O)c3ccccc3Cl)cc2)C1. The lowest BCUT2D eigenvalue weighted by Gasteiger charge is -2.19. The van der Waals surface area contributed by atoms with Crippen molar-refractivity contribution in [2.45, 2.75) is 17.4 Å². The summed E-state index contributed by atoms with van der Waals surface area (Å²) in [6.45, 7) is 1.78. The smallest absolute Gasteiger partial charge is 0.263 e. The van der Waals surface area contributed by atoms with E-state index in [1.165, 1.54) is 6.07 Å². The summed E-state index contributed by atoms with van der Waals surface area (Å²) in [4.78, 5) is 2.29. The lowest BCUT2D eigenvalue weighted by molar-refractivity contribution is 0.121. The van der Waals surface area contributed by atoms with Crippen molar-refractivity contribution in [1.29, 1.82) is 0 Å². The average Bonchev–Trinajstić information content (AvgIpc) is 3.04. The van der Waals surface area contributed by atoms with Crippen LogP contribution in [0.1, 0.15) is 6.42 Å². The molecule has 0 spiro atoms. The molecule has 1 unspecified atom stereocenters. The van der Waals surface area contributed by atoms with Crippen LogP contribution < -0.4 is 9.62 Å². The highest BCUT2D eigenvalue weighted by Crippen LogP contribution is 2.26. The van der Waals surface area contributed by atoms with Crippen LogP contribution in [0.3, 0.4) is 0 Å². The van der Waals surface area contributed by atoms with Gasteiger partial charge in [0.2, 0.25) is 0 Å². The van der Waals surface area contributed by atoms with E-state index in [4.69, 9.17) is 16.3 Å². The molecule has 128 valence electrons. The monoisotopic (exact) mass is 366 g/mol. The third-order valence-corrected chi connectivity index (χ3v) is 5.97. The maximum atomic E-state index is 12.4. The van der Waals surface area contributed by atoms with Crippen molar-refractivity contribution in [2.75, 3.05) is 29.8 Å². The van der Waals surface area contributed by atoms with E-state index in [0.29, 0.717) is 5.69 Å². The summed E-state index contributed by atoms with van der Waals surface area (Å²) in [6, 6.07) is 13.7. The number of halogens is 1. The van der Waals surface area contributed by atoms with Gasteiger partial charge in [-0.1, -0.05) is 23.7 Å². The second-order valence-corrected chi connectivity index (χ2v) is 7.73. The molecule has 0 aromatic heterocycles. The zero-order chi connectivity index (χ0) is 17.2. The Bertz CT molecular complexity index is 809. The van der Waals surface area contributed by atoms with Crippen molar-refractivity contribution < 1.29 is 13.2 Å². The topological polar surface area (TPSA) is 58.6 Å². The van der Waals surface area contributed by atoms with Crippen molar-refractivity contribution >= 4 is 33.0 Å². The van der Waals surface area contributed by atoms with Crippen LogP contribution >= 0.6 is 11.6 Å². The maximum absolute atomic E-state index is 12.4. The molecule has 0 amide bonds. The molecule has 5 nitrogen and oxygen atoms in total. The van der Waals surface area contributed by atoms with Crippen molar-refractivity contribution in [3.63, 3.8) is 0 Å². The lowest BCUT2D eigenvalue weighted by Crippen LogP contribution is -2.22. The summed E-state index contributed by atoms with van der Waals surface area (Å²) in [6.07, 6.45) is 1.25. The summed E-state index contributed by atoms with van der Waals surface area (Å²) in [7, 11) is -1.98. The standard InChI is InChI=1S/C17H19ClN2O3S/c1-23-15-10-11-20(12-15)14-8-6-13(7-9-14)19-24(21,22)17-5-3-2-4-16(17)18/h2-9,15,19H,10-12H2,1H3. The van der Waals surface area contributed by atoms with E-state index in [-0.39, 0.29) is 16.0 Å². The van der Waals surface area contributed by atoms with Crippen LogP contribution in [0, 0.1) is 0 Å². The Labute approximate surface area is 147 Å².